The minimum Gasteiger partial charge on any atom is -0.339 e. The van der Waals surface area contributed by atoms with Crippen molar-refractivity contribution in [2.75, 3.05) is 23.3 Å². The Hall–Kier alpha value is -4.95. The normalized spacial score (nSPS) is 11.6. The lowest BCUT2D eigenvalue weighted by atomic mass is 9.92. The summed E-state index contributed by atoms with van der Waals surface area (Å²) in [6, 6.07) is 30.4. The monoisotopic (exact) mass is 574 g/mol. The van der Waals surface area contributed by atoms with E-state index in [2.05, 4.69) is 17.1 Å². The van der Waals surface area contributed by atoms with Crippen molar-refractivity contribution in [3.05, 3.63) is 109 Å². The second-order valence-corrected chi connectivity index (χ2v) is 12.4. The number of carbonyl (C=O) groups excluding carboxylic acids is 1. The molecular weight excluding hydrogens is 544 g/mol. The molecule has 4 aromatic carbocycles. The lowest BCUT2D eigenvalue weighted by molar-refractivity contribution is -0.116. The van der Waals surface area contributed by atoms with Crippen LogP contribution in [0.5, 0.6) is 0 Å². The Morgan fingerprint density at radius 2 is 1.48 bits per heavy atom. The largest absolute Gasteiger partial charge is 0.339 e. The van der Waals surface area contributed by atoms with Crippen molar-refractivity contribution in [3.8, 4) is 22.3 Å². The number of aryl methyl sites for hydroxylation is 1. The van der Waals surface area contributed by atoms with Gasteiger partial charge in [0.25, 0.3) is 10.0 Å². The van der Waals surface area contributed by atoms with Crippen molar-refractivity contribution in [2.45, 2.75) is 18.7 Å². The molecule has 1 amide bonds. The molecule has 2 heterocycles. The molecule has 7 nitrogen and oxygen atoms in total. The van der Waals surface area contributed by atoms with E-state index in [1.54, 1.807) is 49.3 Å². The second-order valence-electron chi connectivity index (χ2n) is 10.4. The minimum atomic E-state index is -3.77. The number of aromatic nitrogens is 2. The fraction of sp³-hybridized carbons (Fsp3) is 0.118. The molecule has 0 spiro atoms. The highest BCUT2D eigenvalue weighted by molar-refractivity contribution is 7.92. The van der Waals surface area contributed by atoms with Gasteiger partial charge in [-0.2, -0.15) is 0 Å². The quantitative estimate of drug-likeness (QED) is 0.229. The molecule has 6 aromatic rings. The molecule has 0 aliphatic heterocycles. The Balaban J connectivity index is 1.55. The van der Waals surface area contributed by atoms with Crippen LogP contribution in [0.15, 0.2) is 108 Å². The molecule has 0 saturated carbocycles. The van der Waals surface area contributed by atoms with Crippen LogP contribution in [0.2, 0.25) is 0 Å². The van der Waals surface area contributed by atoms with Crippen molar-refractivity contribution in [1.82, 2.24) is 9.97 Å². The van der Waals surface area contributed by atoms with Gasteiger partial charge in [-0.05, 0) is 60.5 Å². The number of nitrogens with zero attached hydrogens (tertiary/aromatic N) is 3. The first-order chi connectivity index (χ1) is 20.1. The van der Waals surface area contributed by atoms with Crippen LogP contribution < -0.4 is 9.21 Å². The Labute approximate surface area is 245 Å². The lowest BCUT2D eigenvalue weighted by Gasteiger charge is -2.20. The molecule has 0 fully saturated rings. The summed E-state index contributed by atoms with van der Waals surface area (Å²) < 4.78 is 28.3. The van der Waals surface area contributed by atoms with E-state index in [1.807, 2.05) is 67.7 Å². The maximum atomic E-state index is 13.5. The molecule has 0 bridgehead atoms. The van der Waals surface area contributed by atoms with Gasteiger partial charge in [0.15, 0.2) is 0 Å². The topological polar surface area (TPSA) is 86.4 Å². The van der Waals surface area contributed by atoms with E-state index < -0.39 is 10.0 Å². The molecule has 1 N–H and O–H groups in total. The van der Waals surface area contributed by atoms with Crippen LogP contribution in [-0.2, 0) is 14.8 Å². The average molecular weight is 575 g/mol. The summed E-state index contributed by atoms with van der Waals surface area (Å²) in [5, 5.41) is 1.77. The number of H-pyrrole nitrogens is 1. The fourth-order valence-electron chi connectivity index (χ4n) is 5.22. The molecule has 42 heavy (non-hydrogen) atoms. The van der Waals surface area contributed by atoms with Crippen LogP contribution in [0.4, 0.5) is 11.4 Å². The van der Waals surface area contributed by atoms with Crippen LogP contribution in [-0.4, -0.2) is 38.4 Å². The van der Waals surface area contributed by atoms with Gasteiger partial charge in [-0.3, -0.25) is 9.10 Å². The number of aromatic amines is 1. The van der Waals surface area contributed by atoms with Gasteiger partial charge in [0.1, 0.15) is 5.65 Å². The summed E-state index contributed by atoms with van der Waals surface area (Å²) in [6.45, 7) is 3.46. The Morgan fingerprint density at radius 1 is 0.810 bits per heavy atom. The molecule has 6 rings (SSSR count). The van der Waals surface area contributed by atoms with Gasteiger partial charge in [0, 0.05) is 60.3 Å². The zero-order valence-electron chi connectivity index (χ0n) is 23.8. The Morgan fingerprint density at radius 3 is 2.14 bits per heavy atom. The van der Waals surface area contributed by atoms with Gasteiger partial charge < -0.3 is 9.88 Å². The molecule has 0 unspecified atom stereocenters. The molecule has 0 aliphatic carbocycles. The number of pyridine rings is 1. The number of nitrogens with one attached hydrogen (secondary N) is 1. The predicted octanol–water partition coefficient (Wildman–Crippen LogP) is 7.17. The highest BCUT2D eigenvalue weighted by atomic mass is 32.2. The number of rotatable bonds is 6. The molecule has 8 heteroatoms. The standard InChI is InChI=1S/C34H30N4O3S/c1-22-10-17-28(18-11-22)42(40,41)38(4)27-16-19-31-29(20-27)33-32(25-8-6-5-7-9-25)30(21-35-34(33)36-31)24-12-14-26(15-13-24)37(3)23(2)39/h5-21H,1-4H3,(H,35,36). The van der Waals surface area contributed by atoms with Gasteiger partial charge in [-0.25, -0.2) is 13.4 Å². The van der Waals surface area contributed by atoms with Crippen LogP contribution in [0.3, 0.4) is 0 Å². The highest BCUT2D eigenvalue weighted by Crippen LogP contribution is 2.41. The molecule has 2 aromatic heterocycles. The third kappa shape index (κ3) is 4.69. The third-order valence-corrected chi connectivity index (χ3v) is 9.55. The zero-order chi connectivity index (χ0) is 29.6. The van der Waals surface area contributed by atoms with Crippen LogP contribution >= 0.6 is 0 Å². The summed E-state index contributed by atoms with van der Waals surface area (Å²) in [6.07, 6.45) is 1.86. The molecule has 210 valence electrons. The number of fused-ring (bicyclic) bond motifs is 3. The summed E-state index contributed by atoms with van der Waals surface area (Å²) in [7, 11) is -0.439. The van der Waals surface area contributed by atoms with Crippen molar-refractivity contribution in [3.63, 3.8) is 0 Å². The summed E-state index contributed by atoms with van der Waals surface area (Å²) in [4.78, 5) is 21.9. The highest BCUT2D eigenvalue weighted by Gasteiger charge is 2.23. The zero-order valence-corrected chi connectivity index (χ0v) is 24.6. The maximum absolute atomic E-state index is 13.5. The predicted molar refractivity (Wildman–Crippen MR) is 170 cm³/mol. The van der Waals surface area contributed by atoms with E-state index in [4.69, 9.17) is 4.98 Å². The number of hydrogen-bond donors (Lipinski definition) is 1. The Bertz CT molecular complexity index is 2050. The van der Waals surface area contributed by atoms with Gasteiger partial charge in [-0.15, -0.1) is 0 Å². The summed E-state index contributed by atoms with van der Waals surface area (Å²) in [5.41, 5.74) is 7.79. The first-order valence-corrected chi connectivity index (χ1v) is 15.0. The lowest BCUT2D eigenvalue weighted by Crippen LogP contribution is -2.26. The molecule has 0 saturated heterocycles. The number of benzene rings is 4. The molecule has 0 aliphatic rings. The van der Waals surface area contributed by atoms with E-state index >= 15 is 0 Å². The van der Waals surface area contributed by atoms with Crippen LogP contribution in [0.1, 0.15) is 12.5 Å². The number of hydrogen-bond acceptors (Lipinski definition) is 4. The van der Waals surface area contributed by atoms with E-state index in [0.717, 1.165) is 49.8 Å². The van der Waals surface area contributed by atoms with Crippen LogP contribution in [0.25, 0.3) is 44.2 Å². The maximum Gasteiger partial charge on any atom is 0.264 e. The number of carbonyl (C=O) groups is 1. The van der Waals surface area contributed by atoms with E-state index in [9.17, 15) is 13.2 Å². The smallest absolute Gasteiger partial charge is 0.264 e. The second kappa shape index (κ2) is 10.5. The van der Waals surface area contributed by atoms with Crippen molar-refractivity contribution in [1.29, 1.82) is 0 Å². The van der Waals surface area contributed by atoms with Gasteiger partial charge >= 0.3 is 0 Å². The fourth-order valence-corrected chi connectivity index (χ4v) is 6.40. The first-order valence-electron chi connectivity index (χ1n) is 13.6. The van der Waals surface area contributed by atoms with Gasteiger partial charge in [0.05, 0.1) is 10.6 Å². The number of amides is 1. The SMILES string of the molecule is CC(=O)N(C)c1ccc(-c2cnc3[nH]c4ccc(N(C)S(=O)(=O)c5ccc(C)cc5)cc4c3c2-c2ccccc2)cc1. The summed E-state index contributed by atoms with van der Waals surface area (Å²) >= 11 is 0. The van der Waals surface area contributed by atoms with E-state index in [-0.39, 0.29) is 10.8 Å². The minimum absolute atomic E-state index is 0.0419. The van der Waals surface area contributed by atoms with Crippen molar-refractivity contribution < 1.29 is 13.2 Å². The Kier molecular flexibility index (Phi) is 6.79. The third-order valence-electron chi connectivity index (χ3n) is 7.75. The number of sulfonamides is 1. The van der Waals surface area contributed by atoms with Crippen molar-refractivity contribution in [2.24, 2.45) is 0 Å². The van der Waals surface area contributed by atoms with E-state index in [0.29, 0.717) is 11.3 Å². The van der Waals surface area contributed by atoms with Gasteiger partial charge in [-0.1, -0.05) is 60.2 Å². The summed E-state index contributed by atoms with van der Waals surface area (Å²) in [5.74, 6) is -0.0419. The first kappa shape index (κ1) is 27.2. The molecule has 0 atom stereocenters. The molecular formula is C34H30N4O3S. The molecule has 0 radical (unpaired) electrons. The van der Waals surface area contributed by atoms with Gasteiger partial charge in [0.2, 0.25) is 5.91 Å². The average Bonchev–Trinajstić information content (AvgIpc) is 3.38. The number of anilines is 2. The van der Waals surface area contributed by atoms with Crippen molar-refractivity contribution >= 4 is 49.2 Å². The van der Waals surface area contributed by atoms with E-state index in [1.165, 1.54) is 11.2 Å². The van der Waals surface area contributed by atoms with Crippen LogP contribution in [0, 0.1) is 6.92 Å².